The van der Waals surface area contributed by atoms with Gasteiger partial charge < -0.3 is 10.6 Å². The lowest BCUT2D eigenvalue weighted by Crippen LogP contribution is -2.47. The van der Waals surface area contributed by atoms with Crippen LogP contribution in [-0.4, -0.2) is 34.7 Å². The van der Waals surface area contributed by atoms with Gasteiger partial charge in [-0.05, 0) is 18.4 Å². The third-order valence-corrected chi connectivity index (χ3v) is 3.75. The van der Waals surface area contributed by atoms with Crippen LogP contribution < -0.4 is 16.2 Å². The first-order valence-electron chi connectivity index (χ1n) is 7.83. The molecule has 0 bridgehead atoms. The van der Waals surface area contributed by atoms with Crippen LogP contribution in [0, 0.1) is 5.92 Å². The zero-order valence-electron chi connectivity index (χ0n) is 14.3. The minimum atomic E-state index is -0.653. The first kappa shape index (κ1) is 17.7. The van der Waals surface area contributed by atoms with Gasteiger partial charge in [0.15, 0.2) is 5.69 Å². The normalized spacial score (nSPS) is 12.2. The second-order valence-electron chi connectivity index (χ2n) is 6.09. The van der Waals surface area contributed by atoms with E-state index in [1.54, 1.807) is 24.3 Å². The smallest absolute Gasteiger partial charge is 0.274 e. The maximum absolute atomic E-state index is 12.7. The molecule has 128 valence electrons. The average Bonchev–Trinajstić information content (AvgIpc) is 2.56. The molecule has 0 aliphatic heterocycles. The number of carbonyl (C=O) groups is 2. The van der Waals surface area contributed by atoms with Crippen LogP contribution in [0.4, 0.5) is 0 Å². The summed E-state index contributed by atoms with van der Waals surface area (Å²) in [7, 11) is 3.03. The summed E-state index contributed by atoms with van der Waals surface area (Å²) in [5.41, 5.74) is -0.141. The molecule has 2 rings (SSSR count). The minimum Gasteiger partial charge on any atom is -0.357 e. The molecule has 0 aliphatic rings. The van der Waals surface area contributed by atoms with Crippen molar-refractivity contribution in [2.24, 2.45) is 13.0 Å². The van der Waals surface area contributed by atoms with Crippen molar-refractivity contribution in [2.75, 3.05) is 7.05 Å². The summed E-state index contributed by atoms with van der Waals surface area (Å²) in [5.74, 6) is -0.500. The molecule has 2 amide bonds. The number of aromatic nitrogens is 2. The highest BCUT2D eigenvalue weighted by Crippen LogP contribution is 2.14. The van der Waals surface area contributed by atoms with Crippen molar-refractivity contribution in [3.05, 3.63) is 40.3 Å². The molecule has 0 unspecified atom stereocenters. The van der Waals surface area contributed by atoms with E-state index >= 15 is 0 Å². The summed E-state index contributed by atoms with van der Waals surface area (Å²) < 4.78 is 1.13. The summed E-state index contributed by atoms with van der Waals surface area (Å²) in [5, 5.41) is 10.2. The molecular weight excluding hydrogens is 308 g/mol. The van der Waals surface area contributed by atoms with E-state index in [1.807, 2.05) is 13.8 Å². The van der Waals surface area contributed by atoms with E-state index in [9.17, 15) is 14.4 Å². The number of nitrogens with one attached hydrogen (secondary N) is 2. The second kappa shape index (κ2) is 7.25. The molecule has 1 aromatic carbocycles. The predicted octanol–water partition coefficient (Wildman–Crippen LogP) is 0.824. The van der Waals surface area contributed by atoms with E-state index in [1.165, 1.54) is 14.1 Å². The topological polar surface area (TPSA) is 93.1 Å². The van der Waals surface area contributed by atoms with Gasteiger partial charge in [-0.25, -0.2) is 4.68 Å². The van der Waals surface area contributed by atoms with Crippen LogP contribution in [-0.2, 0) is 11.8 Å². The van der Waals surface area contributed by atoms with Crippen LogP contribution in [0.2, 0.25) is 0 Å². The summed E-state index contributed by atoms with van der Waals surface area (Å²) in [6, 6.07) is 6.15. The number of hydrogen-bond donors (Lipinski definition) is 2. The van der Waals surface area contributed by atoms with E-state index in [-0.39, 0.29) is 23.1 Å². The molecule has 1 heterocycles. The number of nitrogens with zero attached hydrogens (tertiary/aromatic N) is 2. The molecule has 0 spiro atoms. The first-order chi connectivity index (χ1) is 11.3. The van der Waals surface area contributed by atoms with Gasteiger partial charge in [-0.15, -0.1) is 0 Å². The van der Waals surface area contributed by atoms with Gasteiger partial charge in [0.1, 0.15) is 6.04 Å². The molecule has 0 fully saturated rings. The second-order valence-corrected chi connectivity index (χ2v) is 6.09. The summed E-state index contributed by atoms with van der Waals surface area (Å²) in [6.07, 6.45) is 0.509. The lowest BCUT2D eigenvalue weighted by Gasteiger charge is -2.19. The molecule has 7 heteroatoms. The molecule has 0 saturated carbocycles. The molecule has 0 saturated heterocycles. The standard InChI is InChI=1S/C17H22N4O3/c1-10(2)9-13(15(22)18-3)19-16(23)14-11-7-5-6-8-12(11)17(24)21(4)20-14/h5-8,10,13H,9H2,1-4H3,(H,18,22)(H,19,23)/t13-/m1/s1. The molecule has 0 radical (unpaired) electrons. The number of fused-ring (bicyclic) bond motifs is 1. The van der Waals surface area contributed by atoms with Gasteiger partial charge in [0.2, 0.25) is 5.91 Å². The van der Waals surface area contributed by atoms with Crippen LogP contribution in [0.5, 0.6) is 0 Å². The number of carbonyl (C=O) groups excluding carboxylic acids is 2. The highest BCUT2D eigenvalue weighted by Gasteiger charge is 2.24. The minimum absolute atomic E-state index is 0.130. The Hall–Kier alpha value is -2.70. The van der Waals surface area contributed by atoms with Crippen molar-refractivity contribution in [1.82, 2.24) is 20.4 Å². The number of likely N-dealkylation sites (N-methyl/N-ethyl adjacent to an activating group) is 1. The molecular formula is C17H22N4O3. The highest BCUT2D eigenvalue weighted by atomic mass is 16.2. The number of aryl methyl sites for hydroxylation is 1. The fourth-order valence-corrected chi connectivity index (χ4v) is 2.57. The Morgan fingerprint density at radius 3 is 2.42 bits per heavy atom. The number of hydrogen-bond acceptors (Lipinski definition) is 4. The van der Waals surface area contributed by atoms with Gasteiger partial charge in [-0.3, -0.25) is 14.4 Å². The van der Waals surface area contributed by atoms with E-state index in [0.717, 1.165) is 4.68 Å². The van der Waals surface area contributed by atoms with Crippen LogP contribution in [0.3, 0.4) is 0 Å². The van der Waals surface area contributed by atoms with Gasteiger partial charge in [-0.1, -0.05) is 32.0 Å². The third kappa shape index (κ3) is 3.61. The zero-order valence-corrected chi connectivity index (χ0v) is 14.3. The average molecular weight is 330 g/mol. The van der Waals surface area contributed by atoms with E-state index < -0.39 is 11.9 Å². The van der Waals surface area contributed by atoms with Crippen molar-refractivity contribution >= 4 is 22.6 Å². The lowest BCUT2D eigenvalue weighted by molar-refractivity contribution is -0.122. The Labute approximate surface area is 140 Å². The third-order valence-electron chi connectivity index (χ3n) is 3.75. The van der Waals surface area contributed by atoms with E-state index in [2.05, 4.69) is 15.7 Å². The van der Waals surface area contributed by atoms with Crippen LogP contribution in [0.25, 0.3) is 10.8 Å². The fourth-order valence-electron chi connectivity index (χ4n) is 2.57. The molecule has 1 atom stereocenters. The van der Waals surface area contributed by atoms with Crippen molar-refractivity contribution in [3.63, 3.8) is 0 Å². The van der Waals surface area contributed by atoms with Crippen LogP contribution in [0.1, 0.15) is 30.8 Å². The SMILES string of the molecule is CNC(=O)[C@@H](CC(C)C)NC(=O)c1nn(C)c(=O)c2ccccc12. The Bertz CT molecular complexity index is 826. The van der Waals surface area contributed by atoms with Crippen molar-refractivity contribution in [1.29, 1.82) is 0 Å². The predicted molar refractivity (Wildman–Crippen MR) is 91.8 cm³/mol. The zero-order chi connectivity index (χ0) is 17.9. The Morgan fingerprint density at radius 1 is 1.21 bits per heavy atom. The summed E-state index contributed by atoms with van der Waals surface area (Å²) in [4.78, 5) is 36.8. The molecule has 2 aromatic rings. The first-order valence-corrected chi connectivity index (χ1v) is 7.83. The van der Waals surface area contributed by atoms with Crippen LogP contribution in [0.15, 0.2) is 29.1 Å². The lowest BCUT2D eigenvalue weighted by atomic mass is 10.0. The Morgan fingerprint density at radius 2 is 1.83 bits per heavy atom. The monoisotopic (exact) mass is 330 g/mol. The molecule has 7 nitrogen and oxygen atoms in total. The molecule has 0 aliphatic carbocycles. The van der Waals surface area contributed by atoms with Crippen molar-refractivity contribution < 1.29 is 9.59 Å². The molecule has 24 heavy (non-hydrogen) atoms. The van der Waals surface area contributed by atoms with E-state index in [4.69, 9.17) is 0 Å². The number of amides is 2. The largest absolute Gasteiger partial charge is 0.357 e. The molecule has 1 aromatic heterocycles. The quantitative estimate of drug-likeness (QED) is 0.849. The van der Waals surface area contributed by atoms with E-state index in [0.29, 0.717) is 17.2 Å². The van der Waals surface area contributed by atoms with Crippen LogP contribution >= 0.6 is 0 Å². The maximum Gasteiger partial charge on any atom is 0.274 e. The summed E-state index contributed by atoms with van der Waals surface area (Å²) in [6.45, 7) is 3.95. The highest BCUT2D eigenvalue weighted by molar-refractivity contribution is 6.06. The molecule has 2 N–H and O–H groups in total. The van der Waals surface area contributed by atoms with Crippen molar-refractivity contribution in [2.45, 2.75) is 26.3 Å². The van der Waals surface area contributed by atoms with Gasteiger partial charge in [0.25, 0.3) is 11.5 Å². The van der Waals surface area contributed by atoms with Gasteiger partial charge >= 0.3 is 0 Å². The Kier molecular flexibility index (Phi) is 5.33. The van der Waals surface area contributed by atoms with Crippen molar-refractivity contribution in [3.8, 4) is 0 Å². The maximum atomic E-state index is 12.7. The van der Waals surface area contributed by atoms with Gasteiger partial charge in [0, 0.05) is 19.5 Å². The number of rotatable bonds is 5. The van der Waals surface area contributed by atoms with Gasteiger partial charge in [-0.2, -0.15) is 5.10 Å². The number of benzene rings is 1. The Balaban J connectivity index is 2.42. The summed E-state index contributed by atoms with van der Waals surface area (Å²) >= 11 is 0. The fraction of sp³-hybridized carbons (Fsp3) is 0.412. The van der Waals surface area contributed by atoms with Gasteiger partial charge in [0.05, 0.1) is 5.39 Å².